The molecule has 0 bridgehead atoms. The maximum Gasteiger partial charge on any atom is 0.213 e. The molecule has 2 unspecified atom stereocenters. The molecule has 1 aromatic rings. The molecule has 0 spiro atoms. The molecule has 1 saturated heterocycles. The van der Waals surface area contributed by atoms with Crippen LogP contribution < -0.4 is 4.74 Å². The summed E-state index contributed by atoms with van der Waals surface area (Å²) < 4.78 is 11.2. The summed E-state index contributed by atoms with van der Waals surface area (Å²) in [7, 11) is 0. The van der Waals surface area contributed by atoms with E-state index in [2.05, 4.69) is 36.7 Å². The van der Waals surface area contributed by atoms with Crippen molar-refractivity contribution in [1.29, 1.82) is 0 Å². The number of unbranched alkanes of at least 4 members (excludes halogenated alkanes) is 2. The number of carbonyl (C=O) groups is 1. The lowest BCUT2D eigenvalue weighted by Gasteiger charge is -2.26. The molecule has 0 aromatic carbocycles. The number of hydrogen-bond donors (Lipinski definition) is 0. The third kappa shape index (κ3) is 9.36. The van der Waals surface area contributed by atoms with Crippen molar-refractivity contribution >= 4 is 17.5 Å². The molecule has 1 fully saturated rings. The van der Waals surface area contributed by atoms with Crippen LogP contribution in [0.5, 0.6) is 5.88 Å². The number of ketones is 1. The van der Waals surface area contributed by atoms with Crippen LogP contribution in [0.25, 0.3) is 0 Å². The first kappa shape index (κ1) is 25.2. The number of aromatic nitrogens is 1. The van der Waals surface area contributed by atoms with Crippen LogP contribution in [0.4, 0.5) is 0 Å². The highest BCUT2D eigenvalue weighted by atomic mass is 32.2. The third-order valence-electron chi connectivity index (χ3n) is 5.62. The molecule has 0 N–H and O–H groups in total. The quantitative estimate of drug-likeness (QED) is 0.354. The number of thioether (sulfide) groups is 1. The van der Waals surface area contributed by atoms with Gasteiger partial charge in [-0.05, 0) is 24.2 Å². The van der Waals surface area contributed by atoms with E-state index in [1.54, 1.807) is 0 Å². The highest BCUT2D eigenvalue weighted by molar-refractivity contribution is 7.99. The summed E-state index contributed by atoms with van der Waals surface area (Å²) in [6, 6.07) is 4.04. The van der Waals surface area contributed by atoms with Crippen LogP contribution >= 0.6 is 11.8 Å². The molecule has 0 radical (unpaired) electrons. The van der Waals surface area contributed by atoms with E-state index >= 15 is 0 Å². The largest absolute Gasteiger partial charge is 0.476 e. The van der Waals surface area contributed by atoms with E-state index in [1.807, 2.05) is 24.0 Å². The number of pyridine rings is 1. The number of rotatable bonds is 15. The first-order valence-corrected chi connectivity index (χ1v) is 12.7. The van der Waals surface area contributed by atoms with Crippen LogP contribution in [0.2, 0.25) is 0 Å². The van der Waals surface area contributed by atoms with Gasteiger partial charge in [0.25, 0.3) is 0 Å². The second-order valence-corrected chi connectivity index (χ2v) is 9.47. The van der Waals surface area contributed by atoms with Crippen molar-refractivity contribution < 1.29 is 14.3 Å². The zero-order chi connectivity index (χ0) is 21.6. The minimum absolute atomic E-state index is 0.143. The highest BCUT2D eigenvalue weighted by Crippen LogP contribution is 2.34. The zero-order valence-electron chi connectivity index (χ0n) is 19.1. The molecule has 1 aliphatic rings. The monoisotopic (exact) mass is 436 g/mol. The summed E-state index contributed by atoms with van der Waals surface area (Å²) in [5, 5.41) is 0.184. The summed E-state index contributed by atoms with van der Waals surface area (Å²) in [6.45, 7) is 11.5. The molecule has 0 saturated carbocycles. The zero-order valence-corrected chi connectivity index (χ0v) is 19.9. The van der Waals surface area contributed by atoms with Crippen molar-refractivity contribution in [1.82, 2.24) is 9.88 Å². The van der Waals surface area contributed by atoms with Crippen LogP contribution in [-0.2, 0) is 9.53 Å². The Kier molecular flexibility index (Phi) is 12.4. The number of nitrogens with zero attached hydrogens (tertiary/aromatic N) is 2. The molecular formula is C24H40N2O3S. The number of carbonyl (C=O) groups excluding carboxylic acids is 1. The summed E-state index contributed by atoms with van der Waals surface area (Å²) in [5.74, 6) is 2.26. The Hall–Kier alpha value is -1.11. The minimum atomic E-state index is 0.143. The van der Waals surface area contributed by atoms with Gasteiger partial charge in [-0.3, -0.25) is 9.69 Å². The number of hydrogen-bond acceptors (Lipinski definition) is 6. The van der Waals surface area contributed by atoms with E-state index in [9.17, 15) is 4.79 Å². The summed E-state index contributed by atoms with van der Waals surface area (Å²) in [5.41, 5.74) is 1.13. The van der Waals surface area contributed by atoms with Gasteiger partial charge in [0.2, 0.25) is 5.88 Å². The van der Waals surface area contributed by atoms with Crippen molar-refractivity contribution in [2.45, 2.75) is 64.5 Å². The van der Waals surface area contributed by atoms with Gasteiger partial charge in [0, 0.05) is 49.5 Å². The van der Waals surface area contributed by atoms with Gasteiger partial charge >= 0.3 is 0 Å². The molecule has 0 amide bonds. The second kappa shape index (κ2) is 14.8. The first-order chi connectivity index (χ1) is 14.6. The van der Waals surface area contributed by atoms with Gasteiger partial charge in [-0.2, -0.15) is 11.8 Å². The second-order valence-electron chi connectivity index (χ2n) is 8.16. The number of morpholine rings is 1. The molecule has 1 aromatic heterocycles. The molecule has 0 aliphatic carbocycles. The Labute approximate surface area is 187 Å². The molecule has 1 aliphatic heterocycles. The SMILES string of the molecule is CCCCCSC(CC(=O)C(C)CCC)c1ccc(OCCN2CCOCC2)nc1. The van der Waals surface area contributed by atoms with Crippen molar-refractivity contribution in [3.8, 4) is 5.88 Å². The van der Waals surface area contributed by atoms with E-state index in [0.717, 1.165) is 57.0 Å². The first-order valence-electron chi connectivity index (χ1n) is 11.7. The fraction of sp³-hybridized carbons (Fsp3) is 0.750. The van der Waals surface area contributed by atoms with Crippen molar-refractivity contribution in [2.24, 2.45) is 5.92 Å². The molecule has 2 rings (SSSR count). The Morgan fingerprint density at radius 2 is 2.03 bits per heavy atom. The Balaban J connectivity index is 1.88. The summed E-state index contributed by atoms with van der Waals surface area (Å²) in [4.78, 5) is 19.6. The molecule has 2 atom stereocenters. The fourth-order valence-electron chi connectivity index (χ4n) is 3.60. The smallest absolute Gasteiger partial charge is 0.213 e. The van der Waals surface area contributed by atoms with Crippen LogP contribution in [0.3, 0.4) is 0 Å². The van der Waals surface area contributed by atoms with Crippen LogP contribution in [0, 0.1) is 5.92 Å². The van der Waals surface area contributed by atoms with Gasteiger partial charge in [-0.1, -0.05) is 46.1 Å². The van der Waals surface area contributed by atoms with Gasteiger partial charge in [0.1, 0.15) is 12.4 Å². The van der Waals surface area contributed by atoms with Gasteiger partial charge in [0.15, 0.2) is 0 Å². The Morgan fingerprint density at radius 3 is 2.70 bits per heavy atom. The molecule has 30 heavy (non-hydrogen) atoms. The number of Topliss-reactive ketones (excluding diaryl/α,β-unsaturated/α-hetero) is 1. The molecule has 170 valence electrons. The van der Waals surface area contributed by atoms with Crippen LogP contribution in [-0.4, -0.2) is 60.9 Å². The topological polar surface area (TPSA) is 51.7 Å². The predicted molar refractivity (Wildman–Crippen MR) is 125 cm³/mol. The van der Waals surface area contributed by atoms with Crippen LogP contribution in [0.15, 0.2) is 18.3 Å². The van der Waals surface area contributed by atoms with E-state index in [1.165, 1.54) is 19.3 Å². The van der Waals surface area contributed by atoms with Gasteiger partial charge in [-0.15, -0.1) is 0 Å². The van der Waals surface area contributed by atoms with E-state index < -0.39 is 0 Å². The fourth-order valence-corrected chi connectivity index (χ4v) is 4.87. The standard InChI is InChI=1S/C24H40N2O3S/c1-4-6-7-17-30-23(18-22(27)20(3)8-5-2)21-9-10-24(25-19-21)29-16-13-26-11-14-28-15-12-26/h9-10,19-20,23H,4-8,11-18H2,1-3H3. The lowest BCUT2D eigenvalue weighted by molar-refractivity contribution is -0.122. The Bertz CT molecular complexity index is 591. The average molecular weight is 437 g/mol. The van der Waals surface area contributed by atoms with Crippen molar-refractivity contribution in [3.63, 3.8) is 0 Å². The molecule has 2 heterocycles. The summed E-state index contributed by atoms with van der Waals surface area (Å²) >= 11 is 1.90. The normalized spacial score (nSPS) is 16.9. The van der Waals surface area contributed by atoms with E-state index in [0.29, 0.717) is 24.7 Å². The highest BCUT2D eigenvalue weighted by Gasteiger charge is 2.21. The lowest BCUT2D eigenvalue weighted by atomic mass is 9.96. The van der Waals surface area contributed by atoms with E-state index in [-0.39, 0.29) is 11.2 Å². The number of ether oxygens (including phenoxy) is 2. The van der Waals surface area contributed by atoms with Crippen molar-refractivity contribution in [2.75, 3.05) is 45.2 Å². The van der Waals surface area contributed by atoms with Gasteiger partial charge < -0.3 is 9.47 Å². The maximum atomic E-state index is 12.7. The van der Waals surface area contributed by atoms with Crippen molar-refractivity contribution in [3.05, 3.63) is 23.9 Å². The maximum absolute atomic E-state index is 12.7. The lowest BCUT2D eigenvalue weighted by Crippen LogP contribution is -2.38. The van der Waals surface area contributed by atoms with E-state index in [4.69, 9.17) is 9.47 Å². The third-order valence-corrected chi connectivity index (χ3v) is 6.98. The molecule has 5 nitrogen and oxygen atoms in total. The molecule has 6 heteroatoms. The molecular weight excluding hydrogens is 396 g/mol. The van der Waals surface area contributed by atoms with Gasteiger partial charge in [-0.25, -0.2) is 4.98 Å². The average Bonchev–Trinajstić information content (AvgIpc) is 2.77. The Morgan fingerprint density at radius 1 is 1.23 bits per heavy atom. The van der Waals surface area contributed by atoms with Crippen LogP contribution in [0.1, 0.15) is 70.1 Å². The predicted octanol–water partition coefficient (Wildman–Crippen LogP) is 5.15. The summed E-state index contributed by atoms with van der Waals surface area (Å²) in [6.07, 6.45) is 8.19. The minimum Gasteiger partial charge on any atom is -0.476 e. The van der Waals surface area contributed by atoms with Gasteiger partial charge in [0.05, 0.1) is 13.2 Å².